The van der Waals surface area contributed by atoms with Crippen LogP contribution in [0.3, 0.4) is 0 Å². The van der Waals surface area contributed by atoms with Crippen molar-refractivity contribution in [2.45, 2.75) is 38.1 Å². The Bertz CT molecular complexity index is 1220. The van der Waals surface area contributed by atoms with Gasteiger partial charge in [0.2, 0.25) is 15.9 Å². The molecule has 0 fully saturated rings. The van der Waals surface area contributed by atoms with Gasteiger partial charge >= 0.3 is 0 Å². The predicted molar refractivity (Wildman–Crippen MR) is 120 cm³/mol. The maximum Gasteiger partial charge on any atom is 0.242 e. The summed E-state index contributed by atoms with van der Waals surface area (Å²) in [7, 11) is -4.05. The van der Waals surface area contributed by atoms with Gasteiger partial charge in [0.25, 0.3) is 0 Å². The number of hydrogen-bond acceptors (Lipinski definition) is 3. The summed E-state index contributed by atoms with van der Waals surface area (Å²) >= 11 is 0. The molecule has 0 aliphatic rings. The smallest absolute Gasteiger partial charge is 0.242 e. The topological polar surface area (TPSA) is 75.3 Å². The molecule has 0 spiro atoms. The van der Waals surface area contributed by atoms with Crippen LogP contribution in [0.4, 0.5) is 14.5 Å². The lowest BCUT2D eigenvalue weighted by Gasteiger charge is -2.21. The van der Waals surface area contributed by atoms with E-state index in [9.17, 15) is 22.0 Å². The van der Waals surface area contributed by atoms with Crippen LogP contribution in [-0.4, -0.2) is 20.4 Å². The molecule has 0 bridgehead atoms. The Balaban J connectivity index is 1.93. The zero-order valence-corrected chi connectivity index (χ0v) is 18.8. The molecular weight excluding hydrogens is 434 g/mol. The first-order chi connectivity index (χ1) is 15.1. The highest BCUT2D eigenvalue weighted by atomic mass is 32.2. The van der Waals surface area contributed by atoms with Crippen molar-refractivity contribution in [2.24, 2.45) is 0 Å². The molecule has 3 aromatic rings. The van der Waals surface area contributed by atoms with Crippen molar-refractivity contribution in [2.75, 3.05) is 5.32 Å². The molecule has 0 unspecified atom stereocenters. The van der Waals surface area contributed by atoms with Gasteiger partial charge in [-0.1, -0.05) is 48.0 Å². The van der Waals surface area contributed by atoms with Gasteiger partial charge in [0.15, 0.2) is 11.6 Å². The van der Waals surface area contributed by atoms with Crippen molar-refractivity contribution >= 4 is 21.6 Å². The van der Waals surface area contributed by atoms with Crippen molar-refractivity contribution in [1.29, 1.82) is 0 Å². The lowest BCUT2D eigenvalue weighted by atomic mass is 10.1. The largest absolute Gasteiger partial charge is 0.325 e. The number of carbonyl (C=O) groups is 1. The monoisotopic (exact) mass is 458 g/mol. The summed E-state index contributed by atoms with van der Waals surface area (Å²) in [5.74, 6) is -2.85. The highest BCUT2D eigenvalue weighted by Gasteiger charge is 2.28. The first-order valence-electron chi connectivity index (χ1n) is 9.97. The summed E-state index contributed by atoms with van der Waals surface area (Å²) in [4.78, 5) is 13.1. The summed E-state index contributed by atoms with van der Waals surface area (Å²) in [6.45, 7) is 5.27. The number of nitrogens with one attached hydrogen (secondary N) is 2. The van der Waals surface area contributed by atoms with Crippen molar-refractivity contribution in [3.05, 3.63) is 94.6 Å². The highest BCUT2D eigenvalue weighted by Crippen LogP contribution is 2.23. The third-order valence-electron chi connectivity index (χ3n) is 4.96. The number of rotatable bonds is 7. The Kier molecular flexibility index (Phi) is 7.06. The molecule has 0 radical (unpaired) electrons. The van der Waals surface area contributed by atoms with E-state index in [2.05, 4.69) is 10.0 Å². The normalized spacial score (nSPS) is 12.4. The van der Waals surface area contributed by atoms with Crippen LogP contribution in [0.2, 0.25) is 0 Å². The lowest BCUT2D eigenvalue weighted by Crippen LogP contribution is -2.45. The second-order valence-corrected chi connectivity index (χ2v) is 9.36. The molecule has 2 N–H and O–H groups in total. The van der Waals surface area contributed by atoms with Crippen LogP contribution < -0.4 is 10.0 Å². The Morgan fingerprint density at radius 3 is 2.12 bits per heavy atom. The van der Waals surface area contributed by atoms with Crippen molar-refractivity contribution in [1.82, 2.24) is 4.72 Å². The fourth-order valence-electron chi connectivity index (χ4n) is 3.68. The molecule has 0 aromatic heterocycles. The van der Waals surface area contributed by atoms with Crippen LogP contribution in [-0.2, 0) is 21.2 Å². The Labute approximate surface area is 186 Å². The highest BCUT2D eigenvalue weighted by molar-refractivity contribution is 7.89. The van der Waals surface area contributed by atoms with E-state index in [1.165, 1.54) is 6.07 Å². The number of sulfonamides is 1. The number of anilines is 1. The molecule has 1 atom stereocenters. The van der Waals surface area contributed by atoms with E-state index in [1.807, 2.05) is 13.0 Å². The van der Waals surface area contributed by atoms with E-state index in [4.69, 9.17) is 0 Å². The molecular formula is C24H24F2N2O3S. The third kappa shape index (κ3) is 5.57. The molecule has 1 amide bonds. The minimum Gasteiger partial charge on any atom is -0.325 e. The SMILES string of the molecule is Cc1cc(C)c(S(=O)(=O)N[C@@H](Cc2ccccc2)C(=O)Nc2ccc(F)c(F)c2)c(C)c1. The van der Waals surface area contributed by atoms with E-state index in [1.54, 1.807) is 50.2 Å². The molecule has 0 saturated heterocycles. The number of carbonyl (C=O) groups excluding carboxylic acids is 1. The molecule has 0 aliphatic carbocycles. The lowest BCUT2D eigenvalue weighted by molar-refractivity contribution is -0.117. The maximum absolute atomic E-state index is 13.6. The van der Waals surface area contributed by atoms with Crippen molar-refractivity contribution in [3.8, 4) is 0 Å². The van der Waals surface area contributed by atoms with Crippen LogP contribution >= 0.6 is 0 Å². The fourth-order valence-corrected chi connectivity index (χ4v) is 5.33. The summed E-state index contributed by atoms with van der Waals surface area (Å²) in [6, 6.07) is 14.2. The van der Waals surface area contributed by atoms with Gasteiger partial charge in [-0.05, 0) is 56.0 Å². The van der Waals surface area contributed by atoms with Gasteiger partial charge in [-0.3, -0.25) is 4.79 Å². The molecule has 0 aliphatic heterocycles. The van der Waals surface area contributed by atoms with Gasteiger partial charge < -0.3 is 5.32 Å². The maximum atomic E-state index is 13.6. The van der Waals surface area contributed by atoms with Gasteiger partial charge in [-0.2, -0.15) is 4.72 Å². The van der Waals surface area contributed by atoms with Gasteiger partial charge in [0.05, 0.1) is 4.90 Å². The van der Waals surface area contributed by atoms with E-state index >= 15 is 0 Å². The molecule has 8 heteroatoms. The summed E-state index contributed by atoms with van der Waals surface area (Å²) < 4.78 is 55.7. The minimum absolute atomic E-state index is 0.0221. The summed E-state index contributed by atoms with van der Waals surface area (Å²) in [6.07, 6.45) is 0.0690. The zero-order chi connectivity index (χ0) is 23.5. The van der Waals surface area contributed by atoms with Crippen LogP contribution in [0.15, 0.2) is 65.6 Å². The van der Waals surface area contributed by atoms with Gasteiger partial charge in [0.1, 0.15) is 6.04 Å². The van der Waals surface area contributed by atoms with E-state index in [0.29, 0.717) is 11.1 Å². The fraction of sp³-hybridized carbons (Fsp3) is 0.208. The van der Waals surface area contributed by atoms with Crippen LogP contribution in [0.5, 0.6) is 0 Å². The van der Waals surface area contributed by atoms with Crippen molar-refractivity contribution < 1.29 is 22.0 Å². The Morgan fingerprint density at radius 2 is 1.53 bits per heavy atom. The van der Waals surface area contributed by atoms with E-state index in [-0.39, 0.29) is 17.0 Å². The van der Waals surface area contributed by atoms with Gasteiger partial charge in [-0.25, -0.2) is 17.2 Å². The van der Waals surface area contributed by atoms with Crippen molar-refractivity contribution in [3.63, 3.8) is 0 Å². The predicted octanol–water partition coefficient (Wildman–Crippen LogP) is 4.42. The zero-order valence-electron chi connectivity index (χ0n) is 17.9. The first-order valence-corrected chi connectivity index (χ1v) is 11.4. The standard InChI is InChI=1S/C24H24F2N2O3S/c1-15-11-16(2)23(17(3)12-15)32(30,31)28-22(13-18-7-5-4-6-8-18)24(29)27-19-9-10-20(25)21(26)14-19/h4-12,14,22,28H,13H2,1-3H3,(H,27,29)/t22-/m0/s1. The summed E-state index contributed by atoms with van der Waals surface area (Å²) in [5.41, 5.74) is 2.81. The molecule has 0 saturated carbocycles. The quantitative estimate of drug-likeness (QED) is 0.551. The molecule has 5 nitrogen and oxygen atoms in total. The number of hydrogen-bond donors (Lipinski definition) is 2. The summed E-state index contributed by atoms with van der Waals surface area (Å²) in [5, 5.41) is 2.47. The second kappa shape index (κ2) is 9.58. The van der Waals surface area contributed by atoms with Crippen LogP contribution in [0, 0.1) is 32.4 Å². The van der Waals surface area contributed by atoms with Crippen LogP contribution in [0.25, 0.3) is 0 Å². The average molecular weight is 459 g/mol. The third-order valence-corrected chi connectivity index (χ3v) is 6.73. The minimum atomic E-state index is -4.05. The molecule has 3 aromatic carbocycles. The van der Waals surface area contributed by atoms with Gasteiger partial charge in [-0.15, -0.1) is 0 Å². The molecule has 168 valence electrons. The number of aryl methyl sites for hydroxylation is 3. The second-order valence-electron chi connectivity index (χ2n) is 7.71. The number of amides is 1. The van der Waals surface area contributed by atoms with E-state index in [0.717, 1.165) is 23.3 Å². The first kappa shape index (κ1) is 23.6. The number of benzene rings is 3. The molecule has 32 heavy (non-hydrogen) atoms. The molecule has 0 heterocycles. The Hall–Kier alpha value is -3.10. The number of halogens is 2. The Morgan fingerprint density at radius 1 is 0.906 bits per heavy atom. The van der Waals surface area contributed by atoms with Gasteiger partial charge in [0, 0.05) is 11.8 Å². The van der Waals surface area contributed by atoms with Crippen LogP contribution in [0.1, 0.15) is 22.3 Å². The molecule has 3 rings (SSSR count). The average Bonchev–Trinajstić information content (AvgIpc) is 2.70. The van der Waals surface area contributed by atoms with E-state index < -0.39 is 33.6 Å².